The van der Waals surface area contributed by atoms with Crippen LogP contribution in [0.15, 0.2) is 18.2 Å². The monoisotopic (exact) mass is 323 g/mol. The van der Waals surface area contributed by atoms with E-state index in [4.69, 9.17) is 11.6 Å². The van der Waals surface area contributed by atoms with Gasteiger partial charge in [-0.15, -0.1) is 0 Å². The molecule has 1 nitrogen and oxygen atoms in total. The van der Waals surface area contributed by atoms with Gasteiger partial charge in [0.25, 0.3) is 0 Å². The minimum Gasteiger partial charge on any atom is -0.300 e. The van der Waals surface area contributed by atoms with Gasteiger partial charge in [0, 0.05) is 15.1 Å². The summed E-state index contributed by atoms with van der Waals surface area (Å²) in [4.78, 5) is 2.38. The van der Waals surface area contributed by atoms with E-state index in [-0.39, 0.29) is 0 Å². The highest BCUT2D eigenvalue weighted by atomic mass is 127. The van der Waals surface area contributed by atoms with E-state index in [1.165, 1.54) is 9.13 Å². The number of hydrogen-bond acceptors (Lipinski definition) is 1. The minimum absolute atomic E-state index is 0.826. The number of rotatable bonds is 4. The van der Waals surface area contributed by atoms with E-state index in [0.717, 1.165) is 24.7 Å². The average Bonchev–Trinajstić information content (AvgIpc) is 2.19. The molecule has 0 aromatic heterocycles. The van der Waals surface area contributed by atoms with Crippen molar-refractivity contribution in [3.8, 4) is 0 Å². The lowest BCUT2D eigenvalue weighted by atomic mass is 10.2. The smallest absolute Gasteiger partial charge is 0.0409 e. The SMILES string of the molecule is CCN(CC)Cc1cc(Cl)ccc1I. The molecular weight excluding hydrogens is 308 g/mol. The quantitative estimate of drug-likeness (QED) is 0.762. The number of nitrogens with zero attached hydrogens (tertiary/aromatic N) is 1. The molecule has 0 amide bonds. The normalized spacial score (nSPS) is 10.9. The number of hydrogen-bond donors (Lipinski definition) is 0. The van der Waals surface area contributed by atoms with E-state index in [9.17, 15) is 0 Å². The zero-order chi connectivity index (χ0) is 10.6. The largest absolute Gasteiger partial charge is 0.300 e. The van der Waals surface area contributed by atoms with Crippen LogP contribution in [-0.4, -0.2) is 18.0 Å². The molecule has 1 aromatic carbocycles. The van der Waals surface area contributed by atoms with Gasteiger partial charge in [-0.2, -0.15) is 0 Å². The van der Waals surface area contributed by atoms with Crippen LogP contribution in [0, 0.1) is 3.57 Å². The summed E-state index contributed by atoms with van der Waals surface area (Å²) in [5.74, 6) is 0. The van der Waals surface area contributed by atoms with Crippen molar-refractivity contribution >= 4 is 34.2 Å². The molecule has 0 radical (unpaired) electrons. The summed E-state index contributed by atoms with van der Waals surface area (Å²) in [5.41, 5.74) is 1.32. The third-order valence-corrected chi connectivity index (χ3v) is 3.58. The molecule has 14 heavy (non-hydrogen) atoms. The molecule has 1 aromatic rings. The maximum atomic E-state index is 5.96. The lowest BCUT2D eigenvalue weighted by Crippen LogP contribution is -2.22. The molecule has 0 bridgehead atoms. The van der Waals surface area contributed by atoms with Gasteiger partial charge < -0.3 is 0 Å². The molecule has 0 heterocycles. The molecule has 1 rings (SSSR count). The van der Waals surface area contributed by atoms with Crippen LogP contribution in [0.2, 0.25) is 5.02 Å². The van der Waals surface area contributed by atoms with Crippen molar-refractivity contribution in [2.45, 2.75) is 20.4 Å². The lowest BCUT2D eigenvalue weighted by Gasteiger charge is -2.18. The topological polar surface area (TPSA) is 3.24 Å². The van der Waals surface area contributed by atoms with E-state index in [0.29, 0.717) is 0 Å². The fourth-order valence-electron chi connectivity index (χ4n) is 1.35. The Kier molecular flexibility index (Phi) is 5.20. The molecule has 0 saturated heterocycles. The highest BCUT2D eigenvalue weighted by Crippen LogP contribution is 2.19. The molecule has 0 fully saturated rings. The maximum absolute atomic E-state index is 5.96. The van der Waals surface area contributed by atoms with Crippen molar-refractivity contribution in [2.24, 2.45) is 0 Å². The van der Waals surface area contributed by atoms with Crippen LogP contribution in [-0.2, 0) is 6.54 Å². The molecule has 0 unspecified atom stereocenters. The molecule has 0 saturated carbocycles. The van der Waals surface area contributed by atoms with Crippen molar-refractivity contribution in [1.82, 2.24) is 4.90 Å². The second kappa shape index (κ2) is 5.93. The Bertz CT molecular complexity index is 297. The number of benzene rings is 1. The molecule has 0 aliphatic heterocycles. The third-order valence-electron chi connectivity index (χ3n) is 2.30. The second-order valence-electron chi connectivity index (χ2n) is 3.20. The van der Waals surface area contributed by atoms with Crippen LogP contribution in [0.5, 0.6) is 0 Å². The predicted molar refractivity (Wildman–Crippen MR) is 70.8 cm³/mol. The average molecular weight is 324 g/mol. The first kappa shape index (κ1) is 12.3. The van der Waals surface area contributed by atoms with E-state index in [2.05, 4.69) is 53.5 Å². The van der Waals surface area contributed by atoms with Crippen LogP contribution in [0.4, 0.5) is 0 Å². The van der Waals surface area contributed by atoms with Crippen molar-refractivity contribution in [2.75, 3.05) is 13.1 Å². The van der Waals surface area contributed by atoms with Gasteiger partial charge in [0.05, 0.1) is 0 Å². The summed E-state index contributed by atoms with van der Waals surface area (Å²) in [6.07, 6.45) is 0. The molecule has 3 heteroatoms. The molecule has 0 aliphatic rings. The molecule has 0 atom stereocenters. The first-order valence-corrected chi connectivity index (χ1v) is 6.29. The van der Waals surface area contributed by atoms with Crippen molar-refractivity contribution in [3.63, 3.8) is 0 Å². The molecule has 0 aliphatic carbocycles. The predicted octanol–water partition coefficient (Wildman–Crippen LogP) is 3.79. The summed E-state index contributed by atoms with van der Waals surface area (Å²) in [6.45, 7) is 7.52. The van der Waals surface area contributed by atoms with E-state index < -0.39 is 0 Å². The van der Waals surface area contributed by atoms with Gasteiger partial charge in [-0.3, -0.25) is 4.90 Å². The van der Waals surface area contributed by atoms with Gasteiger partial charge in [-0.05, 0) is 59.4 Å². The zero-order valence-corrected chi connectivity index (χ0v) is 11.5. The first-order valence-electron chi connectivity index (χ1n) is 4.83. The highest BCUT2D eigenvalue weighted by Gasteiger charge is 2.05. The van der Waals surface area contributed by atoms with E-state index in [1.54, 1.807) is 0 Å². The van der Waals surface area contributed by atoms with Gasteiger partial charge >= 0.3 is 0 Å². The lowest BCUT2D eigenvalue weighted by molar-refractivity contribution is 0.295. The summed E-state index contributed by atoms with van der Waals surface area (Å²) in [5, 5.41) is 0.826. The maximum Gasteiger partial charge on any atom is 0.0409 e. The van der Waals surface area contributed by atoms with Crippen LogP contribution < -0.4 is 0 Å². The molecule has 0 spiro atoms. The van der Waals surface area contributed by atoms with Crippen LogP contribution in [0.1, 0.15) is 19.4 Å². The van der Waals surface area contributed by atoms with Crippen LogP contribution in [0.3, 0.4) is 0 Å². The van der Waals surface area contributed by atoms with Gasteiger partial charge in [0.1, 0.15) is 0 Å². The van der Waals surface area contributed by atoms with Crippen molar-refractivity contribution in [3.05, 3.63) is 32.4 Å². The van der Waals surface area contributed by atoms with E-state index >= 15 is 0 Å². The Morgan fingerprint density at radius 3 is 2.50 bits per heavy atom. The Hall–Kier alpha value is 0.200. The summed E-state index contributed by atoms with van der Waals surface area (Å²) in [6, 6.07) is 6.07. The summed E-state index contributed by atoms with van der Waals surface area (Å²) in [7, 11) is 0. The summed E-state index contributed by atoms with van der Waals surface area (Å²) < 4.78 is 1.29. The molecular formula is C11H15ClIN. The van der Waals surface area contributed by atoms with Gasteiger partial charge in [0.2, 0.25) is 0 Å². The Labute approximate surface area is 105 Å². The fraction of sp³-hybridized carbons (Fsp3) is 0.455. The standard InChI is InChI=1S/C11H15ClIN/c1-3-14(4-2)8-9-7-10(12)5-6-11(9)13/h5-7H,3-4,8H2,1-2H3. The zero-order valence-electron chi connectivity index (χ0n) is 8.56. The Morgan fingerprint density at radius 2 is 1.93 bits per heavy atom. The third kappa shape index (κ3) is 3.41. The summed E-state index contributed by atoms with van der Waals surface area (Å²) >= 11 is 8.32. The van der Waals surface area contributed by atoms with Gasteiger partial charge in [0.15, 0.2) is 0 Å². The van der Waals surface area contributed by atoms with Gasteiger partial charge in [-0.25, -0.2) is 0 Å². The molecule has 78 valence electrons. The Balaban J connectivity index is 2.79. The highest BCUT2D eigenvalue weighted by molar-refractivity contribution is 14.1. The Morgan fingerprint density at radius 1 is 1.29 bits per heavy atom. The minimum atomic E-state index is 0.826. The van der Waals surface area contributed by atoms with Crippen molar-refractivity contribution in [1.29, 1.82) is 0 Å². The first-order chi connectivity index (χ1) is 6.67. The van der Waals surface area contributed by atoms with Gasteiger partial charge in [-0.1, -0.05) is 25.4 Å². The molecule has 0 N–H and O–H groups in total. The van der Waals surface area contributed by atoms with Crippen LogP contribution >= 0.6 is 34.2 Å². The van der Waals surface area contributed by atoms with Crippen LogP contribution in [0.25, 0.3) is 0 Å². The second-order valence-corrected chi connectivity index (χ2v) is 4.80. The number of halogens is 2. The van der Waals surface area contributed by atoms with E-state index in [1.807, 2.05) is 6.07 Å². The fourth-order valence-corrected chi connectivity index (χ4v) is 2.05. The van der Waals surface area contributed by atoms with Crippen molar-refractivity contribution < 1.29 is 0 Å².